The van der Waals surface area contributed by atoms with Crippen LogP contribution in [0.3, 0.4) is 0 Å². The third-order valence-corrected chi connectivity index (χ3v) is 6.44. The molecular weight excluding hydrogens is 412 g/mol. The maximum atomic E-state index is 12.4. The molecule has 1 aromatic rings. The average molecular weight is 427 g/mol. The van der Waals surface area contributed by atoms with Crippen molar-refractivity contribution in [3.63, 3.8) is 0 Å². The van der Waals surface area contributed by atoms with Crippen LogP contribution in [0, 0.1) is 0 Å². The van der Waals surface area contributed by atoms with Crippen LogP contribution in [0.2, 0.25) is 5.02 Å². The number of rotatable bonds is 5. The number of carbonyl (C=O) groups is 3. The van der Waals surface area contributed by atoms with Crippen molar-refractivity contribution in [2.45, 2.75) is 12.5 Å². The molecule has 0 aliphatic carbocycles. The van der Waals surface area contributed by atoms with Gasteiger partial charge >= 0.3 is 0 Å². The summed E-state index contributed by atoms with van der Waals surface area (Å²) in [6.45, 7) is -0.0718. The summed E-state index contributed by atoms with van der Waals surface area (Å²) in [6, 6.07) is 6.24. The fourth-order valence-corrected chi connectivity index (χ4v) is 4.79. The van der Waals surface area contributed by atoms with Gasteiger partial charge in [-0.2, -0.15) is 0 Å². The summed E-state index contributed by atoms with van der Waals surface area (Å²) in [6.07, 6.45) is 2.90. The lowest BCUT2D eigenvalue weighted by molar-refractivity contribution is -0.124. The Morgan fingerprint density at radius 3 is 2.63 bits per heavy atom. The van der Waals surface area contributed by atoms with Crippen molar-refractivity contribution >= 4 is 56.3 Å². The van der Waals surface area contributed by atoms with Crippen LogP contribution in [0.1, 0.15) is 12.0 Å². The summed E-state index contributed by atoms with van der Waals surface area (Å²) >= 11 is 6.63. The lowest BCUT2D eigenvalue weighted by Gasteiger charge is -2.14. The molecule has 1 N–H and O–H groups in total. The summed E-state index contributed by atoms with van der Waals surface area (Å²) in [5.41, 5.74) is 0.733. The Labute approximate surface area is 165 Å². The van der Waals surface area contributed by atoms with Gasteiger partial charge in [-0.05, 0) is 41.6 Å². The zero-order valence-corrected chi connectivity index (χ0v) is 16.3. The molecule has 142 valence electrons. The molecule has 7 nitrogen and oxygen atoms in total. The molecule has 1 aromatic carbocycles. The van der Waals surface area contributed by atoms with Gasteiger partial charge in [-0.3, -0.25) is 19.3 Å². The van der Waals surface area contributed by atoms with Gasteiger partial charge in [0.2, 0.25) is 5.91 Å². The number of hydrogen-bond donors (Lipinski definition) is 1. The van der Waals surface area contributed by atoms with Crippen molar-refractivity contribution in [2.75, 3.05) is 12.3 Å². The number of sulfone groups is 1. The highest BCUT2D eigenvalue weighted by Crippen LogP contribution is 2.32. The monoisotopic (exact) mass is 426 g/mol. The predicted octanol–water partition coefficient (Wildman–Crippen LogP) is 2.19. The minimum Gasteiger partial charge on any atom is -0.349 e. The van der Waals surface area contributed by atoms with Crippen molar-refractivity contribution in [2.24, 2.45) is 0 Å². The predicted molar refractivity (Wildman–Crippen MR) is 104 cm³/mol. The van der Waals surface area contributed by atoms with Gasteiger partial charge in [-0.1, -0.05) is 23.7 Å². The van der Waals surface area contributed by atoms with Crippen molar-refractivity contribution in [3.8, 4) is 0 Å². The zero-order chi connectivity index (χ0) is 19.6. The van der Waals surface area contributed by atoms with E-state index < -0.39 is 32.9 Å². The number of hydrogen-bond acceptors (Lipinski definition) is 6. The van der Waals surface area contributed by atoms with Crippen LogP contribution in [0.5, 0.6) is 0 Å². The molecule has 0 unspecified atom stereocenters. The first-order valence-corrected chi connectivity index (χ1v) is 10.9. The van der Waals surface area contributed by atoms with Crippen molar-refractivity contribution < 1.29 is 22.8 Å². The highest BCUT2D eigenvalue weighted by atomic mass is 35.5. The number of amides is 3. The van der Waals surface area contributed by atoms with E-state index in [1.165, 1.54) is 6.08 Å². The van der Waals surface area contributed by atoms with Gasteiger partial charge in [-0.25, -0.2) is 8.42 Å². The molecule has 1 saturated heterocycles. The second-order valence-electron chi connectivity index (χ2n) is 5.97. The second kappa shape index (κ2) is 7.87. The number of carbonyl (C=O) groups excluding carboxylic acids is 3. The molecule has 3 rings (SSSR count). The van der Waals surface area contributed by atoms with Gasteiger partial charge in [0.15, 0.2) is 9.84 Å². The highest BCUT2D eigenvalue weighted by Gasteiger charge is 2.35. The number of nitrogens with one attached hydrogen (secondary N) is 1. The number of benzene rings is 1. The first-order valence-electron chi connectivity index (χ1n) is 7.95. The molecule has 2 heterocycles. The molecule has 10 heteroatoms. The molecule has 0 saturated carbocycles. The second-order valence-corrected chi connectivity index (χ2v) is 9.33. The zero-order valence-electron chi connectivity index (χ0n) is 13.9. The number of thioether (sulfide) groups is 1. The number of imide groups is 1. The summed E-state index contributed by atoms with van der Waals surface area (Å²) < 4.78 is 22.7. The fourth-order valence-electron chi connectivity index (χ4n) is 2.56. The van der Waals surface area contributed by atoms with Crippen molar-refractivity contribution in [3.05, 3.63) is 51.2 Å². The Balaban J connectivity index is 1.57. The van der Waals surface area contributed by atoms with E-state index in [1.54, 1.807) is 30.3 Å². The Hall–Kier alpha value is -2.10. The largest absolute Gasteiger partial charge is 0.349 e. The summed E-state index contributed by atoms with van der Waals surface area (Å²) in [7, 11) is -3.26. The Kier molecular flexibility index (Phi) is 5.73. The van der Waals surface area contributed by atoms with Crippen molar-refractivity contribution in [1.82, 2.24) is 10.2 Å². The fraction of sp³-hybridized carbons (Fsp3) is 0.235. The van der Waals surface area contributed by atoms with Gasteiger partial charge in [0.05, 0.1) is 16.7 Å². The molecular formula is C17H15ClN2O5S2. The molecule has 0 radical (unpaired) electrons. The lowest BCUT2D eigenvalue weighted by Crippen LogP contribution is -2.38. The average Bonchev–Trinajstić information content (AvgIpc) is 3.07. The van der Waals surface area contributed by atoms with Gasteiger partial charge in [-0.15, -0.1) is 0 Å². The molecule has 2 aliphatic heterocycles. The smallest absolute Gasteiger partial charge is 0.293 e. The van der Waals surface area contributed by atoms with E-state index in [0.29, 0.717) is 5.02 Å². The quantitative estimate of drug-likeness (QED) is 0.724. The topological polar surface area (TPSA) is 101 Å². The van der Waals surface area contributed by atoms with Gasteiger partial charge in [0, 0.05) is 23.4 Å². The van der Waals surface area contributed by atoms with Crippen LogP contribution >= 0.6 is 23.4 Å². The van der Waals surface area contributed by atoms with Crippen LogP contribution in [-0.4, -0.2) is 48.7 Å². The Bertz CT molecular complexity index is 954. The van der Waals surface area contributed by atoms with E-state index in [9.17, 15) is 22.8 Å². The molecule has 3 amide bonds. The van der Waals surface area contributed by atoms with E-state index in [4.69, 9.17) is 11.6 Å². The minimum atomic E-state index is -3.26. The van der Waals surface area contributed by atoms with Crippen molar-refractivity contribution in [1.29, 1.82) is 0 Å². The molecule has 0 bridgehead atoms. The van der Waals surface area contributed by atoms with E-state index in [0.717, 1.165) is 27.6 Å². The number of nitrogens with zero attached hydrogens (tertiary/aromatic N) is 1. The molecule has 0 aromatic heterocycles. The first-order chi connectivity index (χ1) is 12.7. The van der Waals surface area contributed by atoms with Crippen LogP contribution in [-0.2, 0) is 19.4 Å². The van der Waals surface area contributed by atoms with Crippen LogP contribution in [0.25, 0.3) is 6.08 Å². The molecule has 1 atom stereocenters. The summed E-state index contributed by atoms with van der Waals surface area (Å²) in [4.78, 5) is 37.7. The van der Waals surface area contributed by atoms with Gasteiger partial charge in [0.1, 0.15) is 0 Å². The lowest BCUT2D eigenvalue weighted by atomic mass is 10.2. The molecule has 1 fully saturated rings. The van der Waals surface area contributed by atoms with E-state index in [1.807, 2.05) is 0 Å². The maximum Gasteiger partial charge on any atom is 0.293 e. The standard InChI is InChI=1S/C17H15ClN2O5S2/c18-12-3-1-11(2-4-12)9-14-16(22)20(17(23)26-14)7-5-15(21)19-13-6-8-27(24,25)10-13/h1-4,6,8-9,13H,5,7,10H2,(H,19,21)/b14-9-/t13-/m0/s1. The SMILES string of the molecule is O=C(CCN1C(=O)S/C(=C\c2ccc(Cl)cc2)C1=O)N[C@H]1C=CS(=O)(=O)C1. The normalized spacial score (nSPS) is 22.6. The first kappa shape index (κ1) is 19.7. The third kappa shape index (κ3) is 5.00. The Morgan fingerprint density at radius 1 is 1.30 bits per heavy atom. The highest BCUT2D eigenvalue weighted by molar-refractivity contribution is 8.18. The minimum absolute atomic E-state index is 0.0718. The van der Waals surface area contributed by atoms with E-state index >= 15 is 0 Å². The van der Waals surface area contributed by atoms with Crippen LogP contribution in [0.4, 0.5) is 4.79 Å². The van der Waals surface area contributed by atoms with E-state index in [2.05, 4.69) is 5.32 Å². The maximum absolute atomic E-state index is 12.4. The number of halogens is 1. The summed E-state index contributed by atoms with van der Waals surface area (Å²) in [5.74, 6) is -1.07. The summed E-state index contributed by atoms with van der Waals surface area (Å²) in [5, 5.41) is 3.74. The molecule has 2 aliphatic rings. The van der Waals surface area contributed by atoms with Crippen LogP contribution in [0.15, 0.2) is 40.7 Å². The van der Waals surface area contributed by atoms with E-state index in [-0.39, 0.29) is 23.6 Å². The molecule has 27 heavy (non-hydrogen) atoms. The third-order valence-electron chi connectivity index (χ3n) is 3.88. The van der Waals surface area contributed by atoms with Gasteiger partial charge in [0.25, 0.3) is 11.1 Å². The Morgan fingerprint density at radius 2 is 2.00 bits per heavy atom. The molecule has 0 spiro atoms. The van der Waals surface area contributed by atoms with Gasteiger partial charge < -0.3 is 5.32 Å². The van der Waals surface area contributed by atoms with Crippen LogP contribution < -0.4 is 5.32 Å².